The van der Waals surface area contributed by atoms with Crippen LogP contribution in [0.3, 0.4) is 0 Å². The smallest absolute Gasteiger partial charge is 0.325 e. The Morgan fingerprint density at radius 1 is 1.47 bits per heavy atom. The highest BCUT2D eigenvalue weighted by atomic mass is 16.5. The highest BCUT2D eigenvalue weighted by molar-refractivity contribution is 5.81. The average Bonchev–Trinajstić information content (AvgIpc) is 2.99. The fourth-order valence-corrected chi connectivity index (χ4v) is 0.964. The van der Waals surface area contributed by atoms with Gasteiger partial charge in [-0.2, -0.15) is 0 Å². The summed E-state index contributed by atoms with van der Waals surface area (Å²) in [6.45, 7) is 1.94. The number of amides is 2. The molecule has 84 valence electrons. The number of ether oxygens (including phenoxy) is 1. The maximum absolute atomic E-state index is 11.1. The molecule has 15 heavy (non-hydrogen) atoms. The minimum Gasteiger partial charge on any atom is -0.465 e. The van der Waals surface area contributed by atoms with Crippen LogP contribution in [0.5, 0.6) is 0 Å². The first-order valence-electron chi connectivity index (χ1n) is 5.09. The molecule has 0 saturated heterocycles. The van der Waals surface area contributed by atoms with Crippen molar-refractivity contribution in [2.45, 2.75) is 19.8 Å². The van der Waals surface area contributed by atoms with Crippen molar-refractivity contribution in [3.63, 3.8) is 0 Å². The molecule has 2 amide bonds. The van der Waals surface area contributed by atoms with Gasteiger partial charge >= 0.3 is 12.0 Å². The zero-order valence-corrected chi connectivity index (χ0v) is 8.79. The number of allylic oxidation sites excluding steroid dienone is 1. The molecule has 0 aromatic rings. The van der Waals surface area contributed by atoms with E-state index >= 15 is 0 Å². The third-order valence-electron chi connectivity index (χ3n) is 1.90. The summed E-state index contributed by atoms with van der Waals surface area (Å²) < 4.78 is 4.65. The number of nitrogens with one attached hydrogen (secondary N) is 2. The van der Waals surface area contributed by atoms with Crippen molar-refractivity contribution in [3.8, 4) is 0 Å². The van der Waals surface area contributed by atoms with E-state index in [0.717, 1.165) is 0 Å². The molecule has 1 rings (SSSR count). The molecule has 0 heterocycles. The van der Waals surface area contributed by atoms with E-state index in [1.165, 1.54) is 12.8 Å². The first-order valence-corrected chi connectivity index (χ1v) is 5.09. The Morgan fingerprint density at radius 3 is 2.80 bits per heavy atom. The Labute approximate surface area is 88.9 Å². The SMILES string of the molecule is CCOC(=O)CNC(=O)N/C=C/C1CC1. The summed E-state index contributed by atoms with van der Waals surface area (Å²) >= 11 is 0. The number of rotatable bonds is 5. The number of hydrogen-bond acceptors (Lipinski definition) is 3. The van der Waals surface area contributed by atoms with Crippen LogP contribution < -0.4 is 10.6 Å². The van der Waals surface area contributed by atoms with Crippen molar-refractivity contribution in [1.29, 1.82) is 0 Å². The molecule has 0 radical (unpaired) electrons. The molecule has 2 N–H and O–H groups in total. The van der Waals surface area contributed by atoms with Gasteiger partial charge in [-0.3, -0.25) is 4.79 Å². The van der Waals surface area contributed by atoms with Gasteiger partial charge in [-0.05, 0) is 25.7 Å². The molecular weight excluding hydrogens is 196 g/mol. The summed E-state index contributed by atoms with van der Waals surface area (Å²) in [6, 6.07) is -0.389. The molecular formula is C10H16N2O3. The summed E-state index contributed by atoms with van der Waals surface area (Å²) in [4.78, 5) is 21.9. The van der Waals surface area contributed by atoms with Gasteiger partial charge in [0.25, 0.3) is 0 Å². The van der Waals surface area contributed by atoms with Crippen LogP contribution in [0.2, 0.25) is 0 Å². The minimum absolute atomic E-state index is 0.100. The zero-order valence-electron chi connectivity index (χ0n) is 8.79. The van der Waals surface area contributed by atoms with E-state index in [4.69, 9.17) is 0 Å². The number of carbonyl (C=O) groups excluding carboxylic acids is 2. The molecule has 0 atom stereocenters. The molecule has 1 fully saturated rings. The van der Waals surface area contributed by atoms with Crippen LogP contribution in [0.25, 0.3) is 0 Å². The molecule has 1 aliphatic carbocycles. The molecule has 0 bridgehead atoms. The van der Waals surface area contributed by atoms with Crippen LogP contribution in [0.15, 0.2) is 12.3 Å². The summed E-state index contributed by atoms with van der Waals surface area (Å²) in [5, 5.41) is 4.90. The lowest BCUT2D eigenvalue weighted by atomic mass is 10.4. The fraction of sp³-hybridized carbons (Fsp3) is 0.600. The van der Waals surface area contributed by atoms with E-state index in [0.29, 0.717) is 12.5 Å². The minimum atomic E-state index is -0.432. The Kier molecular flexibility index (Phi) is 4.66. The van der Waals surface area contributed by atoms with Gasteiger partial charge in [-0.15, -0.1) is 0 Å². The number of esters is 1. The van der Waals surface area contributed by atoms with E-state index in [1.54, 1.807) is 13.1 Å². The van der Waals surface area contributed by atoms with E-state index < -0.39 is 5.97 Å². The van der Waals surface area contributed by atoms with E-state index in [9.17, 15) is 9.59 Å². The zero-order chi connectivity index (χ0) is 11.1. The number of carbonyl (C=O) groups is 2. The lowest BCUT2D eigenvalue weighted by Crippen LogP contribution is -2.36. The first kappa shape index (κ1) is 11.6. The third-order valence-corrected chi connectivity index (χ3v) is 1.90. The molecule has 0 aliphatic heterocycles. The Hall–Kier alpha value is -1.52. The first-order chi connectivity index (χ1) is 7.22. The largest absolute Gasteiger partial charge is 0.465 e. The third kappa shape index (κ3) is 5.72. The number of urea groups is 1. The molecule has 1 aliphatic rings. The fourth-order valence-electron chi connectivity index (χ4n) is 0.964. The monoisotopic (exact) mass is 212 g/mol. The Morgan fingerprint density at radius 2 is 2.20 bits per heavy atom. The lowest BCUT2D eigenvalue weighted by Gasteiger charge is -2.03. The highest BCUT2D eigenvalue weighted by Gasteiger charge is 2.17. The topological polar surface area (TPSA) is 67.4 Å². The molecule has 5 nitrogen and oxygen atoms in total. The maximum atomic E-state index is 11.1. The maximum Gasteiger partial charge on any atom is 0.325 e. The second-order valence-electron chi connectivity index (χ2n) is 3.33. The molecule has 0 unspecified atom stereocenters. The van der Waals surface area contributed by atoms with Gasteiger partial charge in [0.1, 0.15) is 6.54 Å². The molecule has 1 saturated carbocycles. The molecule has 5 heteroatoms. The summed E-state index contributed by atoms with van der Waals surface area (Å²) in [7, 11) is 0. The van der Waals surface area contributed by atoms with Gasteiger partial charge in [-0.25, -0.2) is 4.79 Å². The van der Waals surface area contributed by atoms with Crippen LogP contribution >= 0.6 is 0 Å². The van der Waals surface area contributed by atoms with E-state index in [2.05, 4.69) is 15.4 Å². The van der Waals surface area contributed by atoms with Crippen molar-refractivity contribution < 1.29 is 14.3 Å². The Balaban J connectivity index is 2.04. The highest BCUT2D eigenvalue weighted by Crippen LogP contribution is 2.29. The van der Waals surface area contributed by atoms with Crippen LogP contribution in [0.4, 0.5) is 4.79 Å². The van der Waals surface area contributed by atoms with Gasteiger partial charge in [-0.1, -0.05) is 6.08 Å². The molecule has 0 spiro atoms. The second kappa shape index (κ2) is 6.06. The summed E-state index contributed by atoms with van der Waals surface area (Å²) in [6.07, 6.45) is 5.95. The lowest BCUT2D eigenvalue weighted by molar-refractivity contribution is -0.141. The van der Waals surface area contributed by atoms with Crippen molar-refractivity contribution in [1.82, 2.24) is 10.6 Å². The quantitative estimate of drug-likeness (QED) is 0.661. The van der Waals surface area contributed by atoms with Crippen LogP contribution in [0.1, 0.15) is 19.8 Å². The van der Waals surface area contributed by atoms with Crippen molar-refractivity contribution >= 4 is 12.0 Å². The molecule has 0 aromatic carbocycles. The Bertz CT molecular complexity index is 259. The van der Waals surface area contributed by atoms with Crippen LogP contribution in [-0.2, 0) is 9.53 Å². The van der Waals surface area contributed by atoms with Gasteiger partial charge in [0.05, 0.1) is 6.61 Å². The summed E-state index contributed by atoms with van der Waals surface area (Å²) in [5.74, 6) is 0.189. The van der Waals surface area contributed by atoms with Gasteiger partial charge in [0, 0.05) is 6.20 Å². The standard InChI is InChI=1S/C10H16N2O3/c1-2-15-9(13)7-12-10(14)11-6-5-8-3-4-8/h5-6,8H,2-4,7H2,1H3,(H2,11,12,14)/b6-5+. The van der Waals surface area contributed by atoms with Crippen molar-refractivity contribution in [2.75, 3.05) is 13.2 Å². The number of hydrogen-bond donors (Lipinski definition) is 2. The predicted octanol–water partition coefficient (Wildman–Crippen LogP) is 0.772. The molecule has 0 aromatic heterocycles. The average molecular weight is 212 g/mol. The normalized spacial score (nSPS) is 15.0. The van der Waals surface area contributed by atoms with Gasteiger partial charge in [0.2, 0.25) is 0 Å². The van der Waals surface area contributed by atoms with Crippen LogP contribution in [0, 0.1) is 5.92 Å². The van der Waals surface area contributed by atoms with Crippen LogP contribution in [-0.4, -0.2) is 25.2 Å². The second-order valence-corrected chi connectivity index (χ2v) is 3.33. The van der Waals surface area contributed by atoms with Gasteiger partial charge in [0.15, 0.2) is 0 Å². The van der Waals surface area contributed by atoms with Crippen molar-refractivity contribution in [2.24, 2.45) is 5.92 Å². The predicted molar refractivity (Wildman–Crippen MR) is 55.0 cm³/mol. The van der Waals surface area contributed by atoms with E-state index in [1.807, 2.05) is 6.08 Å². The van der Waals surface area contributed by atoms with Gasteiger partial charge < -0.3 is 15.4 Å². The van der Waals surface area contributed by atoms with E-state index in [-0.39, 0.29) is 12.6 Å². The van der Waals surface area contributed by atoms with Crippen molar-refractivity contribution in [3.05, 3.63) is 12.3 Å². The summed E-state index contributed by atoms with van der Waals surface area (Å²) in [5.41, 5.74) is 0.